The van der Waals surface area contributed by atoms with Gasteiger partial charge in [0.05, 0.1) is 11.8 Å². The van der Waals surface area contributed by atoms with Crippen molar-refractivity contribution in [2.45, 2.75) is 25.2 Å². The van der Waals surface area contributed by atoms with Crippen molar-refractivity contribution >= 4 is 5.88 Å². The molecule has 0 spiro atoms. The molecule has 0 aliphatic carbocycles. The lowest BCUT2D eigenvalue weighted by molar-refractivity contribution is 0.347. The first-order valence-electron chi connectivity index (χ1n) is 7.23. The van der Waals surface area contributed by atoms with Gasteiger partial charge in [0, 0.05) is 0 Å². The first kappa shape index (κ1) is 13.2. The van der Waals surface area contributed by atoms with Crippen LogP contribution in [0.15, 0.2) is 35.0 Å². The highest BCUT2D eigenvalue weighted by molar-refractivity contribution is 5.71. The molecule has 1 atom stereocenters. The summed E-state index contributed by atoms with van der Waals surface area (Å²) in [5, 5.41) is 3.73. The van der Waals surface area contributed by atoms with Crippen LogP contribution in [0.2, 0.25) is 0 Å². The van der Waals surface area contributed by atoms with E-state index in [1.807, 2.05) is 0 Å². The van der Waals surface area contributed by atoms with Crippen LogP contribution in [0.5, 0.6) is 0 Å². The minimum Gasteiger partial charge on any atom is -0.367 e. The standard InChI is InChI=1S/C16H21N3O/c1-19-9-2-3-12(8-10-19)13-4-6-14(7-5-13)15-11-18-20-16(15)17/h4-7,11-12H,2-3,8-10,17H2,1H3. The van der Waals surface area contributed by atoms with Crippen LogP contribution in [-0.4, -0.2) is 30.2 Å². The van der Waals surface area contributed by atoms with Gasteiger partial charge in [0.15, 0.2) is 0 Å². The van der Waals surface area contributed by atoms with E-state index in [0.29, 0.717) is 11.8 Å². The summed E-state index contributed by atoms with van der Waals surface area (Å²) in [6.07, 6.45) is 5.47. The first-order chi connectivity index (χ1) is 9.74. The monoisotopic (exact) mass is 271 g/mol. The highest BCUT2D eigenvalue weighted by Crippen LogP contribution is 2.31. The van der Waals surface area contributed by atoms with Gasteiger partial charge in [-0.3, -0.25) is 0 Å². The number of anilines is 1. The van der Waals surface area contributed by atoms with E-state index in [-0.39, 0.29) is 0 Å². The summed E-state index contributed by atoms with van der Waals surface area (Å²) >= 11 is 0. The maximum absolute atomic E-state index is 5.75. The number of rotatable bonds is 2. The smallest absolute Gasteiger partial charge is 0.229 e. The molecular weight excluding hydrogens is 250 g/mol. The molecule has 0 amide bonds. The van der Waals surface area contributed by atoms with Crippen LogP contribution in [0.3, 0.4) is 0 Å². The Morgan fingerprint density at radius 2 is 2.00 bits per heavy atom. The topological polar surface area (TPSA) is 55.3 Å². The zero-order valence-electron chi connectivity index (χ0n) is 11.9. The highest BCUT2D eigenvalue weighted by atomic mass is 16.5. The van der Waals surface area contributed by atoms with E-state index in [0.717, 1.165) is 11.1 Å². The quantitative estimate of drug-likeness (QED) is 0.911. The third-order valence-corrected chi connectivity index (χ3v) is 4.24. The molecular formula is C16H21N3O. The van der Waals surface area contributed by atoms with Crippen molar-refractivity contribution in [1.82, 2.24) is 10.1 Å². The van der Waals surface area contributed by atoms with Crippen LogP contribution in [0.1, 0.15) is 30.7 Å². The summed E-state index contributed by atoms with van der Waals surface area (Å²) in [6, 6.07) is 8.68. The van der Waals surface area contributed by atoms with Gasteiger partial charge in [0.25, 0.3) is 0 Å². The predicted octanol–water partition coefficient (Wildman–Crippen LogP) is 3.12. The second-order valence-corrected chi connectivity index (χ2v) is 5.66. The molecule has 1 aliphatic rings. The summed E-state index contributed by atoms with van der Waals surface area (Å²) in [7, 11) is 2.21. The average Bonchev–Trinajstić information content (AvgIpc) is 2.77. The summed E-state index contributed by atoms with van der Waals surface area (Å²) in [4.78, 5) is 2.42. The SMILES string of the molecule is CN1CCCC(c2ccc(-c3cnoc3N)cc2)CC1. The molecule has 3 rings (SSSR count). The first-order valence-corrected chi connectivity index (χ1v) is 7.23. The molecule has 1 aromatic heterocycles. The van der Waals surface area contributed by atoms with E-state index in [4.69, 9.17) is 10.3 Å². The van der Waals surface area contributed by atoms with Gasteiger partial charge < -0.3 is 15.2 Å². The Hall–Kier alpha value is -1.81. The minimum atomic E-state index is 0.383. The molecule has 2 N–H and O–H groups in total. The molecule has 0 bridgehead atoms. The van der Waals surface area contributed by atoms with E-state index >= 15 is 0 Å². The Morgan fingerprint density at radius 1 is 1.20 bits per heavy atom. The molecule has 20 heavy (non-hydrogen) atoms. The van der Waals surface area contributed by atoms with Crippen molar-refractivity contribution in [3.05, 3.63) is 36.0 Å². The van der Waals surface area contributed by atoms with Crippen LogP contribution in [0, 0.1) is 0 Å². The molecule has 1 aromatic carbocycles. The van der Waals surface area contributed by atoms with Gasteiger partial charge in [-0.05, 0) is 56.4 Å². The molecule has 4 nitrogen and oxygen atoms in total. The van der Waals surface area contributed by atoms with E-state index < -0.39 is 0 Å². The van der Waals surface area contributed by atoms with Gasteiger partial charge in [-0.2, -0.15) is 0 Å². The normalized spacial score (nSPS) is 20.8. The Balaban J connectivity index is 1.77. The van der Waals surface area contributed by atoms with Crippen molar-refractivity contribution in [2.75, 3.05) is 25.9 Å². The fraction of sp³-hybridized carbons (Fsp3) is 0.438. The van der Waals surface area contributed by atoms with Crippen LogP contribution in [-0.2, 0) is 0 Å². The number of nitrogens with two attached hydrogens (primary N) is 1. The van der Waals surface area contributed by atoms with Crippen LogP contribution >= 0.6 is 0 Å². The maximum atomic E-state index is 5.75. The highest BCUT2D eigenvalue weighted by Gasteiger charge is 2.17. The molecule has 1 unspecified atom stereocenters. The van der Waals surface area contributed by atoms with E-state index in [1.165, 1.54) is 37.9 Å². The summed E-state index contributed by atoms with van der Waals surface area (Å²) in [6.45, 7) is 2.40. The van der Waals surface area contributed by atoms with E-state index in [1.54, 1.807) is 6.20 Å². The Morgan fingerprint density at radius 3 is 2.70 bits per heavy atom. The number of nitrogens with zero attached hydrogens (tertiary/aromatic N) is 2. The summed E-state index contributed by atoms with van der Waals surface area (Å²) in [5.74, 6) is 1.06. The number of benzene rings is 1. The van der Waals surface area contributed by atoms with Crippen molar-refractivity contribution in [1.29, 1.82) is 0 Å². The van der Waals surface area contributed by atoms with Gasteiger partial charge in [0.2, 0.25) is 5.88 Å². The van der Waals surface area contributed by atoms with E-state index in [2.05, 4.69) is 41.4 Å². The van der Waals surface area contributed by atoms with Crippen molar-refractivity contribution in [3.8, 4) is 11.1 Å². The second-order valence-electron chi connectivity index (χ2n) is 5.66. The maximum Gasteiger partial charge on any atom is 0.229 e. The molecule has 0 saturated carbocycles. The van der Waals surface area contributed by atoms with Gasteiger partial charge in [-0.15, -0.1) is 0 Å². The van der Waals surface area contributed by atoms with Crippen LogP contribution < -0.4 is 5.73 Å². The molecule has 106 valence electrons. The summed E-state index contributed by atoms with van der Waals surface area (Å²) in [5.41, 5.74) is 9.12. The predicted molar refractivity (Wildman–Crippen MR) is 80.4 cm³/mol. The number of hydrogen-bond donors (Lipinski definition) is 1. The van der Waals surface area contributed by atoms with Crippen molar-refractivity contribution in [3.63, 3.8) is 0 Å². The van der Waals surface area contributed by atoms with E-state index in [9.17, 15) is 0 Å². The van der Waals surface area contributed by atoms with Crippen LogP contribution in [0.25, 0.3) is 11.1 Å². The Bertz CT molecular complexity index is 561. The molecule has 2 aromatic rings. The van der Waals surface area contributed by atoms with Crippen LogP contribution in [0.4, 0.5) is 5.88 Å². The molecule has 4 heteroatoms. The molecule has 1 fully saturated rings. The van der Waals surface area contributed by atoms with Crippen molar-refractivity contribution in [2.24, 2.45) is 0 Å². The number of hydrogen-bond acceptors (Lipinski definition) is 4. The van der Waals surface area contributed by atoms with Gasteiger partial charge in [-0.1, -0.05) is 29.4 Å². The third kappa shape index (κ3) is 2.70. The number of aromatic nitrogens is 1. The van der Waals surface area contributed by atoms with Crippen molar-refractivity contribution < 1.29 is 4.52 Å². The minimum absolute atomic E-state index is 0.383. The summed E-state index contributed by atoms with van der Waals surface area (Å²) < 4.78 is 4.92. The number of nitrogen functional groups attached to an aromatic ring is 1. The second kappa shape index (κ2) is 5.67. The fourth-order valence-electron chi connectivity index (χ4n) is 2.97. The zero-order chi connectivity index (χ0) is 13.9. The Kier molecular flexibility index (Phi) is 3.74. The molecule has 0 radical (unpaired) electrons. The lowest BCUT2D eigenvalue weighted by Gasteiger charge is -2.15. The molecule has 1 aliphatic heterocycles. The largest absolute Gasteiger partial charge is 0.367 e. The lowest BCUT2D eigenvalue weighted by Crippen LogP contribution is -2.18. The zero-order valence-corrected chi connectivity index (χ0v) is 11.9. The van der Waals surface area contributed by atoms with Gasteiger partial charge in [0.1, 0.15) is 0 Å². The molecule has 2 heterocycles. The fourth-order valence-corrected chi connectivity index (χ4v) is 2.97. The molecule has 1 saturated heterocycles. The van der Waals surface area contributed by atoms with Gasteiger partial charge in [-0.25, -0.2) is 0 Å². The Labute approximate surface area is 119 Å². The average molecular weight is 271 g/mol. The van der Waals surface area contributed by atoms with Gasteiger partial charge >= 0.3 is 0 Å². The number of likely N-dealkylation sites (tertiary alicyclic amines) is 1. The lowest BCUT2D eigenvalue weighted by atomic mass is 9.91. The third-order valence-electron chi connectivity index (χ3n) is 4.24.